The van der Waals surface area contributed by atoms with E-state index in [4.69, 9.17) is 0 Å². The average Bonchev–Trinajstić information content (AvgIpc) is 2.60. The zero-order chi connectivity index (χ0) is 19.6. The first-order valence-electron chi connectivity index (χ1n) is 8.35. The molecule has 0 bridgehead atoms. The Hall–Kier alpha value is -2.83. The molecule has 1 aliphatic carbocycles. The molecule has 0 unspecified atom stereocenters. The van der Waals surface area contributed by atoms with E-state index >= 15 is 0 Å². The number of esters is 1. The normalized spacial score (nSPS) is 24.7. The largest absolute Gasteiger partial charge is 0.481 e. The molecule has 2 aromatic rings. The fourth-order valence-electron chi connectivity index (χ4n) is 3.78. The first-order valence-corrected chi connectivity index (χ1v) is 8.35. The standard InChI is InChI=1S/C20H17F3O4/c21-20(22,23)11-27-19(26)17-14(12-7-3-1-4-8-12)16(18(24)25)15(17)13-9-5-2-6-10-13/h1-10,14-17H,11H2,(H,24,25)/t14-,15-,16?,17?/m1/s1. The number of halogens is 3. The molecule has 3 rings (SSSR count). The Morgan fingerprint density at radius 2 is 1.30 bits per heavy atom. The van der Waals surface area contributed by atoms with E-state index in [0.717, 1.165) is 0 Å². The van der Waals surface area contributed by atoms with Crippen LogP contribution < -0.4 is 0 Å². The zero-order valence-electron chi connectivity index (χ0n) is 14.1. The fourth-order valence-corrected chi connectivity index (χ4v) is 3.78. The monoisotopic (exact) mass is 378 g/mol. The molecule has 2 aromatic carbocycles. The lowest BCUT2D eigenvalue weighted by Crippen LogP contribution is -2.51. The van der Waals surface area contributed by atoms with Gasteiger partial charge in [0.1, 0.15) is 0 Å². The third-order valence-corrected chi connectivity index (χ3v) is 4.85. The van der Waals surface area contributed by atoms with Crippen molar-refractivity contribution in [3.63, 3.8) is 0 Å². The lowest BCUT2D eigenvalue weighted by Gasteiger charge is -2.49. The minimum atomic E-state index is -4.64. The van der Waals surface area contributed by atoms with Gasteiger partial charge in [-0.25, -0.2) is 0 Å². The summed E-state index contributed by atoms with van der Waals surface area (Å²) in [5, 5.41) is 9.72. The third-order valence-electron chi connectivity index (χ3n) is 4.85. The molecular formula is C20H17F3O4. The summed E-state index contributed by atoms with van der Waals surface area (Å²) in [6, 6.07) is 17.0. The van der Waals surface area contributed by atoms with Gasteiger partial charge in [-0.05, 0) is 11.1 Å². The molecule has 0 aromatic heterocycles. The molecule has 0 aliphatic heterocycles. The molecule has 0 spiro atoms. The number of carbonyl (C=O) groups excluding carboxylic acids is 1. The van der Waals surface area contributed by atoms with Gasteiger partial charge in [0.2, 0.25) is 0 Å². The van der Waals surface area contributed by atoms with E-state index in [1.54, 1.807) is 60.7 Å². The van der Waals surface area contributed by atoms with E-state index in [2.05, 4.69) is 4.74 Å². The Morgan fingerprint density at radius 3 is 1.67 bits per heavy atom. The van der Waals surface area contributed by atoms with E-state index < -0.39 is 48.4 Å². The number of benzene rings is 2. The van der Waals surface area contributed by atoms with Crippen LogP contribution in [0, 0.1) is 11.8 Å². The summed E-state index contributed by atoms with van der Waals surface area (Å²) in [7, 11) is 0. The number of alkyl halides is 3. The predicted molar refractivity (Wildman–Crippen MR) is 90.0 cm³/mol. The molecule has 7 heteroatoms. The molecule has 0 saturated heterocycles. The van der Waals surface area contributed by atoms with Gasteiger partial charge >= 0.3 is 18.1 Å². The minimum absolute atomic E-state index is 0.589. The van der Waals surface area contributed by atoms with Gasteiger partial charge in [-0.1, -0.05) is 60.7 Å². The van der Waals surface area contributed by atoms with Crippen LogP contribution in [0.4, 0.5) is 13.2 Å². The van der Waals surface area contributed by atoms with Crippen LogP contribution in [0.3, 0.4) is 0 Å². The summed E-state index contributed by atoms with van der Waals surface area (Å²) in [6.45, 7) is -1.69. The van der Waals surface area contributed by atoms with Crippen LogP contribution in [0.25, 0.3) is 0 Å². The number of ether oxygens (including phenoxy) is 1. The summed E-state index contributed by atoms with van der Waals surface area (Å²) in [4.78, 5) is 24.4. The Bertz CT molecular complexity index is 757. The van der Waals surface area contributed by atoms with Crippen molar-refractivity contribution in [2.75, 3.05) is 6.61 Å². The first kappa shape index (κ1) is 18.9. The maximum atomic E-state index is 12.5. The van der Waals surface area contributed by atoms with Crippen molar-refractivity contribution in [1.82, 2.24) is 0 Å². The van der Waals surface area contributed by atoms with Crippen molar-refractivity contribution in [2.24, 2.45) is 11.8 Å². The number of aliphatic carboxylic acids is 1. The predicted octanol–water partition coefficient (Wildman–Crippen LogP) is 3.99. The summed E-state index contributed by atoms with van der Waals surface area (Å²) in [5.41, 5.74) is 1.18. The van der Waals surface area contributed by atoms with Gasteiger partial charge in [0.05, 0.1) is 11.8 Å². The Morgan fingerprint density at radius 1 is 0.852 bits per heavy atom. The Labute approximate surface area is 153 Å². The van der Waals surface area contributed by atoms with Crippen molar-refractivity contribution < 1.29 is 32.6 Å². The number of hydrogen-bond acceptors (Lipinski definition) is 3. The molecular weight excluding hydrogens is 361 g/mol. The second-order valence-corrected chi connectivity index (χ2v) is 6.49. The molecule has 1 aliphatic rings. The van der Waals surface area contributed by atoms with E-state index in [9.17, 15) is 27.9 Å². The first-order chi connectivity index (χ1) is 12.8. The van der Waals surface area contributed by atoms with Crippen LogP contribution in [0.5, 0.6) is 0 Å². The van der Waals surface area contributed by atoms with E-state index in [0.29, 0.717) is 11.1 Å². The van der Waals surface area contributed by atoms with Gasteiger partial charge in [0.25, 0.3) is 0 Å². The SMILES string of the molecule is O=C(O)C1[C@@H](c2ccccc2)C(C(=O)OCC(F)(F)F)[C@@H]1c1ccccc1. The van der Waals surface area contributed by atoms with E-state index in [-0.39, 0.29) is 0 Å². The lowest BCUT2D eigenvalue weighted by atomic mass is 9.52. The topological polar surface area (TPSA) is 63.6 Å². The summed E-state index contributed by atoms with van der Waals surface area (Å²) < 4.78 is 41.9. The minimum Gasteiger partial charge on any atom is -0.481 e. The maximum absolute atomic E-state index is 12.5. The number of hydrogen-bond donors (Lipinski definition) is 1. The van der Waals surface area contributed by atoms with E-state index in [1.807, 2.05) is 0 Å². The highest BCUT2D eigenvalue weighted by molar-refractivity contribution is 5.84. The van der Waals surface area contributed by atoms with Crippen LogP contribution in [0.2, 0.25) is 0 Å². The average molecular weight is 378 g/mol. The van der Waals surface area contributed by atoms with Crippen LogP contribution in [-0.4, -0.2) is 29.8 Å². The van der Waals surface area contributed by atoms with E-state index in [1.165, 1.54) is 0 Å². The zero-order valence-corrected chi connectivity index (χ0v) is 14.1. The van der Waals surface area contributed by atoms with Gasteiger partial charge in [-0.15, -0.1) is 0 Å². The van der Waals surface area contributed by atoms with Crippen molar-refractivity contribution in [1.29, 1.82) is 0 Å². The molecule has 0 amide bonds. The van der Waals surface area contributed by atoms with Crippen LogP contribution in [0.15, 0.2) is 60.7 Å². The second kappa shape index (κ2) is 7.42. The molecule has 2 atom stereocenters. The Balaban J connectivity index is 1.97. The van der Waals surface area contributed by atoms with Gasteiger partial charge in [0, 0.05) is 11.8 Å². The molecule has 1 N–H and O–H groups in total. The van der Waals surface area contributed by atoms with Crippen molar-refractivity contribution >= 4 is 11.9 Å². The van der Waals surface area contributed by atoms with Gasteiger partial charge in [-0.2, -0.15) is 13.2 Å². The highest BCUT2D eigenvalue weighted by atomic mass is 19.4. The number of carboxylic acids is 1. The molecule has 1 fully saturated rings. The van der Waals surface area contributed by atoms with Gasteiger partial charge in [-0.3, -0.25) is 9.59 Å². The Kier molecular flexibility index (Phi) is 5.21. The third kappa shape index (κ3) is 3.97. The smallest absolute Gasteiger partial charge is 0.422 e. The summed E-state index contributed by atoms with van der Waals surface area (Å²) in [6.07, 6.45) is -4.64. The quantitative estimate of drug-likeness (QED) is 0.799. The van der Waals surface area contributed by atoms with Crippen LogP contribution in [0.1, 0.15) is 23.0 Å². The van der Waals surface area contributed by atoms with Crippen molar-refractivity contribution in [3.8, 4) is 0 Å². The lowest BCUT2D eigenvalue weighted by molar-refractivity contribution is -0.195. The number of carbonyl (C=O) groups is 2. The number of rotatable bonds is 5. The number of carboxylic acid groups (broad SMARTS) is 1. The van der Waals surface area contributed by atoms with Gasteiger partial charge < -0.3 is 9.84 Å². The molecule has 0 heterocycles. The maximum Gasteiger partial charge on any atom is 0.422 e. The second-order valence-electron chi connectivity index (χ2n) is 6.49. The molecule has 27 heavy (non-hydrogen) atoms. The van der Waals surface area contributed by atoms with Gasteiger partial charge in [0.15, 0.2) is 6.61 Å². The molecule has 1 saturated carbocycles. The molecule has 4 nitrogen and oxygen atoms in total. The molecule has 142 valence electrons. The fraction of sp³-hybridized carbons (Fsp3) is 0.300. The van der Waals surface area contributed by atoms with Crippen molar-refractivity contribution in [2.45, 2.75) is 18.0 Å². The molecule has 0 radical (unpaired) electrons. The highest BCUT2D eigenvalue weighted by Crippen LogP contribution is 2.58. The van der Waals surface area contributed by atoms with Crippen LogP contribution in [-0.2, 0) is 14.3 Å². The summed E-state index contributed by atoms with van der Waals surface area (Å²) in [5.74, 6) is -5.58. The van der Waals surface area contributed by atoms with Crippen molar-refractivity contribution in [3.05, 3.63) is 71.8 Å². The summed E-state index contributed by atoms with van der Waals surface area (Å²) >= 11 is 0. The van der Waals surface area contributed by atoms with Crippen LogP contribution >= 0.6 is 0 Å². The highest BCUT2D eigenvalue weighted by Gasteiger charge is 2.59.